The van der Waals surface area contributed by atoms with E-state index < -0.39 is 48.3 Å². The lowest BCUT2D eigenvalue weighted by Gasteiger charge is -2.23. The van der Waals surface area contributed by atoms with Gasteiger partial charge in [0, 0.05) is 6.42 Å². The number of nitrogens with two attached hydrogens (primary N) is 1. The zero-order valence-electron chi connectivity index (χ0n) is 14.8. The van der Waals surface area contributed by atoms with E-state index in [0.717, 1.165) is 0 Å². The van der Waals surface area contributed by atoms with Gasteiger partial charge in [-0.3, -0.25) is 24.0 Å². The van der Waals surface area contributed by atoms with E-state index in [1.807, 2.05) is 13.8 Å². The van der Waals surface area contributed by atoms with E-state index >= 15 is 0 Å². The summed E-state index contributed by atoms with van der Waals surface area (Å²) >= 11 is 0. The Labute approximate surface area is 150 Å². The third kappa shape index (κ3) is 10.2. The third-order valence-electron chi connectivity index (χ3n) is 3.24. The largest absolute Gasteiger partial charge is 0.481 e. The van der Waals surface area contributed by atoms with Gasteiger partial charge < -0.3 is 31.9 Å². The van der Waals surface area contributed by atoms with Crippen molar-refractivity contribution in [3.8, 4) is 0 Å². The summed E-state index contributed by atoms with van der Waals surface area (Å²) in [5.74, 6) is -4.45. The second-order valence-electron chi connectivity index (χ2n) is 6.06. The highest BCUT2D eigenvalue weighted by Gasteiger charge is 2.27. The van der Waals surface area contributed by atoms with Crippen molar-refractivity contribution in [2.75, 3.05) is 13.1 Å². The Morgan fingerprint density at radius 3 is 2.00 bits per heavy atom. The molecule has 0 saturated carbocycles. The number of carbonyl (C=O) groups is 5. The van der Waals surface area contributed by atoms with Crippen LogP contribution in [0.5, 0.6) is 0 Å². The quantitative estimate of drug-likeness (QED) is 0.227. The predicted molar refractivity (Wildman–Crippen MR) is 89.9 cm³/mol. The molecule has 0 aliphatic rings. The van der Waals surface area contributed by atoms with Gasteiger partial charge >= 0.3 is 11.9 Å². The molecule has 0 rings (SSSR count). The monoisotopic (exact) mass is 374 g/mol. The van der Waals surface area contributed by atoms with Crippen LogP contribution in [0.3, 0.4) is 0 Å². The summed E-state index contributed by atoms with van der Waals surface area (Å²) in [5.41, 5.74) is 5.18. The van der Waals surface area contributed by atoms with E-state index in [-0.39, 0.29) is 31.7 Å². The Balaban J connectivity index is 5.09. The van der Waals surface area contributed by atoms with Crippen molar-refractivity contribution in [3.05, 3.63) is 0 Å². The van der Waals surface area contributed by atoms with Crippen LogP contribution >= 0.6 is 0 Å². The number of carboxylic acid groups (broad SMARTS) is 2. The highest BCUT2D eigenvalue weighted by Crippen LogP contribution is 2.07. The van der Waals surface area contributed by atoms with E-state index in [1.165, 1.54) is 0 Å². The first-order valence-corrected chi connectivity index (χ1v) is 8.07. The van der Waals surface area contributed by atoms with Crippen molar-refractivity contribution in [3.63, 3.8) is 0 Å². The van der Waals surface area contributed by atoms with E-state index in [1.54, 1.807) is 0 Å². The SMILES string of the molecule is CC(C)C[C@H](NC(=O)[C@H](CCC(=O)O)NC(=O)CN)C(=O)NCC(=O)O. The number of nitrogens with one attached hydrogen (secondary N) is 3. The molecule has 0 spiro atoms. The van der Waals surface area contributed by atoms with Gasteiger partial charge in [-0.1, -0.05) is 13.8 Å². The Morgan fingerprint density at radius 2 is 1.54 bits per heavy atom. The summed E-state index contributed by atoms with van der Waals surface area (Å²) in [6.45, 7) is 2.63. The first-order chi connectivity index (χ1) is 12.1. The average molecular weight is 374 g/mol. The maximum absolute atomic E-state index is 12.4. The molecule has 0 aromatic carbocycles. The molecule has 0 heterocycles. The van der Waals surface area contributed by atoms with Gasteiger partial charge in [-0.2, -0.15) is 0 Å². The van der Waals surface area contributed by atoms with E-state index in [9.17, 15) is 24.0 Å². The fraction of sp³-hybridized carbons (Fsp3) is 0.667. The van der Waals surface area contributed by atoms with Crippen LogP contribution in [0.4, 0.5) is 0 Å². The lowest BCUT2D eigenvalue weighted by molar-refractivity contribution is -0.138. The molecule has 3 amide bonds. The molecule has 7 N–H and O–H groups in total. The first-order valence-electron chi connectivity index (χ1n) is 8.07. The molecule has 0 radical (unpaired) electrons. The molecule has 0 aliphatic carbocycles. The molecule has 2 atom stereocenters. The van der Waals surface area contributed by atoms with Gasteiger partial charge in [-0.25, -0.2) is 0 Å². The maximum Gasteiger partial charge on any atom is 0.322 e. The van der Waals surface area contributed by atoms with Crippen LogP contribution in [0, 0.1) is 5.92 Å². The fourth-order valence-corrected chi connectivity index (χ4v) is 2.05. The minimum atomic E-state index is -1.23. The van der Waals surface area contributed by atoms with Crippen LogP contribution in [0.1, 0.15) is 33.1 Å². The summed E-state index contributed by atoms with van der Waals surface area (Å²) in [5, 5.41) is 24.3. The molecule has 0 saturated heterocycles. The number of hydrogen-bond donors (Lipinski definition) is 6. The van der Waals surface area contributed by atoms with Crippen LogP contribution in [-0.4, -0.2) is 65.0 Å². The van der Waals surface area contributed by atoms with Gasteiger partial charge in [-0.15, -0.1) is 0 Å². The molecule has 0 bridgehead atoms. The molecule has 0 aromatic heterocycles. The van der Waals surface area contributed by atoms with Crippen LogP contribution in [-0.2, 0) is 24.0 Å². The van der Waals surface area contributed by atoms with E-state index in [4.69, 9.17) is 15.9 Å². The standard InChI is InChI=1S/C15H26N4O7/c1-8(2)5-10(14(25)17-7-13(23)24)19-15(26)9(3-4-12(21)22)18-11(20)6-16/h8-10H,3-7,16H2,1-2H3,(H,17,25)(H,18,20)(H,19,26)(H,21,22)(H,23,24)/t9-,10-/m0/s1. The average Bonchev–Trinajstić information content (AvgIpc) is 2.54. The van der Waals surface area contributed by atoms with E-state index in [0.29, 0.717) is 0 Å². The molecule has 0 unspecified atom stereocenters. The molecule has 0 aliphatic heterocycles. The highest BCUT2D eigenvalue weighted by atomic mass is 16.4. The van der Waals surface area contributed by atoms with Crippen LogP contribution < -0.4 is 21.7 Å². The molecule has 26 heavy (non-hydrogen) atoms. The number of carboxylic acids is 2. The summed E-state index contributed by atoms with van der Waals surface area (Å²) in [6.07, 6.45) is -0.325. The predicted octanol–water partition coefficient (Wildman–Crippen LogP) is -1.97. The zero-order chi connectivity index (χ0) is 20.3. The number of rotatable bonds is 12. The van der Waals surface area contributed by atoms with Gasteiger partial charge in [0.05, 0.1) is 6.54 Å². The summed E-state index contributed by atoms with van der Waals surface area (Å²) in [6, 6.07) is -2.20. The second-order valence-corrected chi connectivity index (χ2v) is 6.06. The fourth-order valence-electron chi connectivity index (χ4n) is 2.05. The van der Waals surface area contributed by atoms with E-state index in [2.05, 4.69) is 16.0 Å². The van der Waals surface area contributed by atoms with Gasteiger partial charge in [0.1, 0.15) is 18.6 Å². The summed E-state index contributed by atoms with van der Waals surface area (Å²) < 4.78 is 0. The normalized spacial score (nSPS) is 12.8. The topological polar surface area (TPSA) is 188 Å². The lowest BCUT2D eigenvalue weighted by atomic mass is 10.0. The van der Waals surface area contributed by atoms with Crippen molar-refractivity contribution in [1.82, 2.24) is 16.0 Å². The molecule has 11 heteroatoms. The van der Waals surface area contributed by atoms with Crippen molar-refractivity contribution in [1.29, 1.82) is 0 Å². The van der Waals surface area contributed by atoms with Crippen LogP contribution in [0.25, 0.3) is 0 Å². The summed E-state index contributed by atoms with van der Waals surface area (Å²) in [7, 11) is 0. The molecular weight excluding hydrogens is 348 g/mol. The van der Waals surface area contributed by atoms with Gasteiger partial charge in [-0.05, 0) is 18.8 Å². The molecule has 148 valence electrons. The first kappa shape index (κ1) is 23.3. The minimum absolute atomic E-state index is 0.00646. The third-order valence-corrected chi connectivity index (χ3v) is 3.24. The van der Waals surface area contributed by atoms with Gasteiger partial charge in [0.25, 0.3) is 0 Å². The lowest BCUT2D eigenvalue weighted by Crippen LogP contribution is -2.55. The van der Waals surface area contributed by atoms with Crippen molar-refractivity contribution in [2.45, 2.75) is 45.2 Å². The molecular formula is C15H26N4O7. The Bertz CT molecular complexity index is 536. The smallest absolute Gasteiger partial charge is 0.322 e. The van der Waals surface area contributed by atoms with Crippen molar-refractivity contribution >= 4 is 29.7 Å². The van der Waals surface area contributed by atoms with Gasteiger partial charge in [0.2, 0.25) is 17.7 Å². The molecule has 0 fully saturated rings. The van der Waals surface area contributed by atoms with Crippen LogP contribution in [0.15, 0.2) is 0 Å². The second kappa shape index (κ2) is 11.8. The number of aliphatic carboxylic acids is 2. The minimum Gasteiger partial charge on any atom is -0.481 e. The highest BCUT2D eigenvalue weighted by molar-refractivity contribution is 5.93. The maximum atomic E-state index is 12.4. The molecule has 11 nitrogen and oxygen atoms in total. The molecule has 0 aromatic rings. The Kier molecular flexibility index (Phi) is 10.6. The Hall–Kier alpha value is -2.69. The van der Waals surface area contributed by atoms with Crippen molar-refractivity contribution < 1.29 is 34.2 Å². The Morgan fingerprint density at radius 1 is 0.923 bits per heavy atom. The summed E-state index contributed by atoms with van der Waals surface area (Å²) in [4.78, 5) is 57.2. The van der Waals surface area contributed by atoms with Crippen LogP contribution in [0.2, 0.25) is 0 Å². The number of amides is 3. The number of carbonyl (C=O) groups excluding carboxylic acids is 3. The van der Waals surface area contributed by atoms with Gasteiger partial charge in [0.15, 0.2) is 0 Å². The number of hydrogen-bond acceptors (Lipinski definition) is 6. The van der Waals surface area contributed by atoms with Crippen molar-refractivity contribution in [2.24, 2.45) is 11.7 Å². The zero-order valence-corrected chi connectivity index (χ0v) is 14.8.